The van der Waals surface area contributed by atoms with Gasteiger partial charge in [0.05, 0.1) is 13.2 Å². The van der Waals surface area contributed by atoms with Gasteiger partial charge in [0.1, 0.15) is 6.61 Å². The van der Waals surface area contributed by atoms with Crippen molar-refractivity contribution in [1.82, 2.24) is 0 Å². The van der Waals surface area contributed by atoms with Gasteiger partial charge in [0.2, 0.25) is 0 Å². The Kier molecular flexibility index (Phi) is 47.8. The van der Waals surface area contributed by atoms with E-state index in [1.807, 2.05) is 0 Å². The van der Waals surface area contributed by atoms with Gasteiger partial charge in [0.15, 0.2) is 6.10 Å². The fourth-order valence-corrected chi connectivity index (χ4v) is 8.10. The highest BCUT2D eigenvalue weighted by atomic mass is 31.2. The summed E-state index contributed by atoms with van der Waals surface area (Å²) < 4.78 is 32.9. The van der Waals surface area contributed by atoms with Crippen LogP contribution in [-0.2, 0) is 32.7 Å². The summed E-state index contributed by atoms with van der Waals surface area (Å²) in [6.07, 6.45) is 58.8. The number of nitrogens with two attached hydrogens (primary N) is 1. The van der Waals surface area contributed by atoms with Crippen molar-refractivity contribution in [2.45, 2.75) is 251 Å². The molecule has 10 heteroatoms. The van der Waals surface area contributed by atoms with E-state index in [2.05, 4.69) is 62.5 Å². The molecule has 0 aromatic rings. The van der Waals surface area contributed by atoms with Crippen LogP contribution in [0.5, 0.6) is 0 Å². The summed E-state index contributed by atoms with van der Waals surface area (Å²) >= 11 is 0. The summed E-state index contributed by atoms with van der Waals surface area (Å²) in [5.74, 6) is -0.885. The van der Waals surface area contributed by atoms with Crippen LogP contribution in [-0.4, -0.2) is 49.3 Å². The highest BCUT2D eigenvalue weighted by Crippen LogP contribution is 2.43. The lowest BCUT2D eigenvalue weighted by Crippen LogP contribution is -2.29. The van der Waals surface area contributed by atoms with Gasteiger partial charge in [0, 0.05) is 19.4 Å². The Balaban J connectivity index is 4.11. The second-order valence-corrected chi connectivity index (χ2v) is 18.9. The molecule has 1 unspecified atom stereocenters. The highest BCUT2D eigenvalue weighted by Gasteiger charge is 2.26. The fraction of sp³-hybridized carbons (Fsp3) is 0.811. The van der Waals surface area contributed by atoms with Crippen LogP contribution < -0.4 is 5.73 Å². The molecule has 0 aliphatic carbocycles. The molecule has 368 valence electrons. The van der Waals surface area contributed by atoms with Crippen molar-refractivity contribution in [3.05, 3.63) is 48.6 Å². The standard InChI is InChI=1S/C53H98NO8P/c1-3-5-7-9-11-13-15-17-19-21-23-25-27-29-31-33-35-37-39-41-43-45-52(55)59-49-51(50-61-63(57,58)60-48-47-54)62-53(56)46-44-42-40-38-36-34-32-30-28-26-24-22-20-18-16-14-12-10-8-6-4-2/h19,21,25,27,31,33,37,39,51H,3-18,20,22-24,26,28-30,32,34-36,38,40-50,54H2,1-2H3,(H,57,58)/b21-19+,27-25+,33-31+,39-37+/t51-/m1/s1. The average molecular weight is 908 g/mol. The molecule has 0 aromatic heterocycles. The lowest BCUT2D eigenvalue weighted by Gasteiger charge is -2.19. The Morgan fingerprint density at radius 3 is 1.27 bits per heavy atom. The van der Waals surface area contributed by atoms with Crippen molar-refractivity contribution in [3.63, 3.8) is 0 Å². The number of ether oxygens (including phenoxy) is 2. The molecule has 2 atom stereocenters. The van der Waals surface area contributed by atoms with Gasteiger partial charge in [-0.2, -0.15) is 0 Å². The number of esters is 2. The Bertz CT molecular complexity index is 1170. The molecule has 63 heavy (non-hydrogen) atoms. The maximum absolute atomic E-state index is 12.7. The minimum Gasteiger partial charge on any atom is -0.462 e. The van der Waals surface area contributed by atoms with Gasteiger partial charge in [-0.15, -0.1) is 0 Å². The maximum Gasteiger partial charge on any atom is 0.472 e. The maximum atomic E-state index is 12.7. The number of hydrogen-bond acceptors (Lipinski definition) is 8. The number of phosphoric acid groups is 1. The molecule has 3 N–H and O–H groups in total. The first-order valence-electron chi connectivity index (χ1n) is 26.1. The summed E-state index contributed by atoms with van der Waals surface area (Å²) in [4.78, 5) is 35.0. The molecule has 0 amide bonds. The van der Waals surface area contributed by atoms with Crippen molar-refractivity contribution < 1.29 is 37.6 Å². The lowest BCUT2D eigenvalue weighted by atomic mass is 10.0. The summed E-state index contributed by atoms with van der Waals surface area (Å²) in [6.45, 7) is 3.71. The first-order chi connectivity index (χ1) is 30.8. The number of allylic oxidation sites excluding steroid dienone is 8. The molecular formula is C53H98NO8P. The Morgan fingerprint density at radius 2 is 0.841 bits per heavy atom. The van der Waals surface area contributed by atoms with Crippen LogP contribution in [0.2, 0.25) is 0 Å². The smallest absolute Gasteiger partial charge is 0.462 e. The predicted octanol–water partition coefficient (Wildman–Crippen LogP) is 15.8. The minimum absolute atomic E-state index is 0.0463. The van der Waals surface area contributed by atoms with Crippen LogP contribution in [0, 0.1) is 0 Å². The van der Waals surface area contributed by atoms with E-state index in [-0.39, 0.29) is 32.6 Å². The molecule has 9 nitrogen and oxygen atoms in total. The first-order valence-corrected chi connectivity index (χ1v) is 27.6. The Hall–Kier alpha value is -2.03. The molecule has 0 aliphatic heterocycles. The molecule has 0 rings (SSSR count). The molecule has 0 heterocycles. The summed E-state index contributed by atoms with van der Waals surface area (Å²) in [6, 6.07) is 0. The van der Waals surface area contributed by atoms with E-state index >= 15 is 0 Å². The zero-order valence-corrected chi connectivity index (χ0v) is 41.7. The number of rotatable bonds is 49. The Morgan fingerprint density at radius 1 is 0.476 bits per heavy atom. The number of carbonyl (C=O) groups is 2. The molecule has 0 aliphatic rings. The number of unbranched alkanes of at least 4 members (excludes halogenated alkanes) is 28. The van der Waals surface area contributed by atoms with E-state index in [9.17, 15) is 19.0 Å². The van der Waals surface area contributed by atoms with Gasteiger partial charge >= 0.3 is 19.8 Å². The molecule has 0 saturated heterocycles. The van der Waals surface area contributed by atoms with Crippen molar-refractivity contribution in [2.75, 3.05) is 26.4 Å². The second kappa shape index (κ2) is 49.4. The topological polar surface area (TPSA) is 134 Å². The van der Waals surface area contributed by atoms with Gasteiger partial charge in [-0.25, -0.2) is 4.57 Å². The normalized spacial score (nSPS) is 13.5. The quantitative estimate of drug-likeness (QED) is 0.0265. The van der Waals surface area contributed by atoms with Crippen LogP contribution in [0.1, 0.15) is 245 Å². The van der Waals surface area contributed by atoms with Crippen LogP contribution in [0.4, 0.5) is 0 Å². The number of carbonyl (C=O) groups excluding carboxylic acids is 2. The lowest BCUT2D eigenvalue weighted by molar-refractivity contribution is -0.161. The van der Waals surface area contributed by atoms with Gasteiger partial charge in [-0.05, 0) is 51.4 Å². The van der Waals surface area contributed by atoms with Gasteiger partial charge in [-0.3, -0.25) is 18.6 Å². The SMILES string of the molecule is CCCCCCCCC/C=C/C/C=C/C/C=C/C/C=C/CCCC(=O)OC[C@H](COP(=O)(O)OCCN)OC(=O)CCCCCCCCCCCCCCCCCCCCCCC. The minimum atomic E-state index is -4.39. The Labute approximate surface area is 387 Å². The van der Waals surface area contributed by atoms with E-state index in [1.165, 1.54) is 161 Å². The third-order valence-corrected chi connectivity index (χ3v) is 12.2. The van der Waals surface area contributed by atoms with E-state index < -0.39 is 32.5 Å². The predicted molar refractivity (Wildman–Crippen MR) is 266 cm³/mol. The van der Waals surface area contributed by atoms with Crippen molar-refractivity contribution >= 4 is 19.8 Å². The average Bonchev–Trinajstić information content (AvgIpc) is 3.27. The zero-order chi connectivity index (χ0) is 46.0. The van der Waals surface area contributed by atoms with E-state index in [1.54, 1.807) is 0 Å². The van der Waals surface area contributed by atoms with Crippen molar-refractivity contribution in [3.8, 4) is 0 Å². The van der Waals surface area contributed by atoms with Crippen LogP contribution in [0.15, 0.2) is 48.6 Å². The second-order valence-electron chi connectivity index (χ2n) is 17.4. The van der Waals surface area contributed by atoms with E-state index in [0.717, 1.165) is 44.9 Å². The van der Waals surface area contributed by atoms with Crippen LogP contribution >= 0.6 is 7.82 Å². The van der Waals surface area contributed by atoms with Crippen molar-refractivity contribution in [1.29, 1.82) is 0 Å². The van der Waals surface area contributed by atoms with E-state index in [4.69, 9.17) is 24.3 Å². The van der Waals surface area contributed by atoms with Crippen molar-refractivity contribution in [2.24, 2.45) is 5.73 Å². The summed E-state index contributed by atoms with van der Waals surface area (Å²) in [5, 5.41) is 0. The third-order valence-electron chi connectivity index (χ3n) is 11.2. The summed E-state index contributed by atoms with van der Waals surface area (Å²) in [5.41, 5.74) is 5.36. The molecule has 0 saturated carbocycles. The summed E-state index contributed by atoms with van der Waals surface area (Å²) in [7, 11) is -4.39. The van der Waals surface area contributed by atoms with Crippen LogP contribution in [0.3, 0.4) is 0 Å². The zero-order valence-electron chi connectivity index (χ0n) is 40.8. The van der Waals surface area contributed by atoms with Gasteiger partial charge in [-0.1, -0.05) is 229 Å². The number of phosphoric ester groups is 1. The molecular weight excluding hydrogens is 810 g/mol. The fourth-order valence-electron chi connectivity index (χ4n) is 7.34. The molecule has 0 aromatic carbocycles. The molecule has 0 spiro atoms. The van der Waals surface area contributed by atoms with Gasteiger partial charge in [0.25, 0.3) is 0 Å². The van der Waals surface area contributed by atoms with Crippen LogP contribution in [0.25, 0.3) is 0 Å². The first kappa shape index (κ1) is 61.0. The van der Waals surface area contributed by atoms with E-state index in [0.29, 0.717) is 12.8 Å². The molecule has 0 bridgehead atoms. The molecule has 0 radical (unpaired) electrons. The highest BCUT2D eigenvalue weighted by molar-refractivity contribution is 7.47. The largest absolute Gasteiger partial charge is 0.472 e. The number of hydrogen-bond donors (Lipinski definition) is 2. The van der Waals surface area contributed by atoms with Gasteiger partial charge < -0.3 is 20.1 Å². The monoisotopic (exact) mass is 908 g/mol. The molecule has 0 fully saturated rings. The third kappa shape index (κ3) is 49.2.